The largest absolute Gasteiger partial charge is 0.389 e. The van der Waals surface area contributed by atoms with Crippen molar-refractivity contribution >= 4 is 0 Å². The van der Waals surface area contributed by atoms with Gasteiger partial charge in [0.25, 0.3) is 0 Å². The predicted octanol–water partition coefficient (Wildman–Crippen LogP) is -1.33. The molecule has 17 heavy (non-hydrogen) atoms. The van der Waals surface area contributed by atoms with Gasteiger partial charge in [-0.2, -0.15) is 0 Å². The quantitative estimate of drug-likeness (QED) is 0.518. The molecule has 1 saturated heterocycles. The first-order valence-corrected chi connectivity index (χ1v) is 6.05. The van der Waals surface area contributed by atoms with Crippen LogP contribution in [0.25, 0.3) is 0 Å². The Hall–Kier alpha value is -0.240. The molecule has 0 amide bonds. The van der Waals surface area contributed by atoms with Crippen LogP contribution in [-0.2, 0) is 14.2 Å². The Balaban J connectivity index is 2.10. The molecule has 3 N–H and O–H groups in total. The summed E-state index contributed by atoms with van der Waals surface area (Å²) < 4.78 is 15.6. The van der Waals surface area contributed by atoms with Crippen molar-refractivity contribution in [3.05, 3.63) is 0 Å². The molecule has 6 heteroatoms. The molecular formula is C11H24N2O4. The molecule has 6 nitrogen and oxygen atoms in total. The first-order chi connectivity index (χ1) is 8.26. The molecule has 0 saturated carbocycles. The normalized spacial score (nSPS) is 23.8. The number of hydrogen-bond acceptors (Lipinski definition) is 6. The van der Waals surface area contributed by atoms with Crippen molar-refractivity contribution in [2.24, 2.45) is 5.73 Å². The van der Waals surface area contributed by atoms with Crippen molar-refractivity contribution in [3.63, 3.8) is 0 Å². The molecule has 1 heterocycles. The number of nitrogens with zero attached hydrogens (tertiary/aromatic N) is 1. The van der Waals surface area contributed by atoms with Gasteiger partial charge in [0.2, 0.25) is 0 Å². The number of β-amino-alcohol motifs (C(OH)–C–C–N with tert-alkyl or cyclic N) is 1. The van der Waals surface area contributed by atoms with Gasteiger partial charge in [0.15, 0.2) is 0 Å². The second-order valence-electron chi connectivity index (χ2n) is 4.21. The summed E-state index contributed by atoms with van der Waals surface area (Å²) >= 11 is 0. The Labute approximate surface area is 103 Å². The monoisotopic (exact) mass is 248 g/mol. The Morgan fingerprint density at radius 2 is 2.35 bits per heavy atom. The van der Waals surface area contributed by atoms with E-state index in [0.29, 0.717) is 39.5 Å². The van der Waals surface area contributed by atoms with E-state index in [1.165, 1.54) is 0 Å². The molecule has 1 rings (SSSR count). The van der Waals surface area contributed by atoms with Crippen LogP contribution in [0.2, 0.25) is 0 Å². The van der Waals surface area contributed by atoms with Gasteiger partial charge in [-0.1, -0.05) is 0 Å². The summed E-state index contributed by atoms with van der Waals surface area (Å²) in [4.78, 5) is 2.16. The summed E-state index contributed by atoms with van der Waals surface area (Å²) in [7, 11) is 1.63. The van der Waals surface area contributed by atoms with Crippen LogP contribution >= 0.6 is 0 Å². The molecule has 0 aromatic carbocycles. The molecule has 102 valence electrons. The highest BCUT2D eigenvalue weighted by atomic mass is 16.5. The van der Waals surface area contributed by atoms with Crippen molar-refractivity contribution in [2.75, 3.05) is 59.7 Å². The summed E-state index contributed by atoms with van der Waals surface area (Å²) in [5.74, 6) is 0. The van der Waals surface area contributed by atoms with Crippen LogP contribution in [-0.4, -0.2) is 81.9 Å². The van der Waals surface area contributed by atoms with E-state index in [9.17, 15) is 5.11 Å². The average Bonchev–Trinajstić information content (AvgIpc) is 2.35. The third-order valence-electron chi connectivity index (χ3n) is 2.70. The van der Waals surface area contributed by atoms with Gasteiger partial charge in [0.05, 0.1) is 38.6 Å². The highest BCUT2D eigenvalue weighted by Crippen LogP contribution is 2.04. The molecule has 2 atom stereocenters. The number of nitrogens with two attached hydrogens (primary N) is 1. The van der Waals surface area contributed by atoms with E-state index in [1.807, 2.05) is 0 Å². The van der Waals surface area contributed by atoms with Crippen molar-refractivity contribution in [2.45, 2.75) is 12.2 Å². The molecule has 0 bridgehead atoms. The second kappa shape index (κ2) is 8.79. The molecule has 1 aliphatic rings. The smallest absolute Gasteiger partial charge is 0.0900 e. The highest BCUT2D eigenvalue weighted by Gasteiger charge is 2.21. The first kappa shape index (κ1) is 14.8. The van der Waals surface area contributed by atoms with Gasteiger partial charge in [0.1, 0.15) is 0 Å². The summed E-state index contributed by atoms with van der Waals surface area (Å²) in [5.41, 5.74) is 5.56. The van der Waals surface area contributed by atoms with E-state index in [4.69, 9.17) is 19.9 Å². The first-order valence-electron chi connectivity index (χ1n) is 6.05. The van der Waals surface area contributed by atoms with Crippen LogP contribution < -0.4 is 5.73 Å². The summed E-state index contributed by atoms with van der Waals surface area (Å²) in [5, 5.41) is 9.78. The van der Waals surface area contributed by atoms with E-state index < -0.39 is 6.10 Å². The van der Waals surface area contributed by atoms with E-state index >= 15 is 0 Å². The summed E-state index contributed by atoms with van der Waals surface area (Å²) in [6.07, 6.45) is -0.381. The third-order valence-corrected chi connectivity index (χ3v) is 2.70. The maximum atomic E-state index is 9.78. The minimum absolute atomic E-state index is 0.0883. The van der Waals surface area contributed by atoms with Crippen LogP contribution in [0, 0.1) is 0 Å². The van der Waals surface area contributed by atoms with Gasteiger partial charge in [-0.05, 0) is 0 Å². The van der Waals surface area contributed by atoms with E-state index in [2.05, 4.69) is 4.90 Å². The van der Waals surface area contributed by atoms with Crippen LogP contribution in [0.5, 0.6) is 0 Å². The SMILES string of the molecule is COCCOCC(O)CN1CCOC(CN)C1. The summed E-state index contributed by atoms with van der Waals surface area (Å²) in [6, 6.07) is 0. The number of hydrogen-bond donors (Lipinski definition) is 2. The molecule has 0 aromatic rings. The third kappa shape index (κ3) is 6.30. The lowest BCUT2D eigenvalue weighted by Crippen LogP contribution is -2.48. The fourth-order valence-corrected chi connectivity index (χ4v) is 1.80. The van der Waals surface area contributed by atoms with Gasteiger partial charge in [0, 0.05) is 33.3 Å². The van der Waals surface area contributed by atoms with Crippen LogP contribution in [0.15, 0.2) is 0 Å². The zero-order valence-corrected chi connectivity index (χ0v) is 10.5. The van der Waals surface area contributed by atoms with Crippen molar-refractivity contribution in [1.82, 2.24) is 4.90 Å². The summed E-state index contributed by atoms with van der Waals surface area (Å²) in [6.45, 7) is 4.84. The lowest BCUT2D eigenvalue weighted by atomic mass is 10.2. The number of aliphatic hydroxyl groups is 1. The molecule has 2 unspecified atom stereocenters. The fraction of sp³-hybridized carbons (Fsp3) is 1.00. The van der Waals surface area contributed by atoms with E-state index in [-0.39, 0.29) is 6.10 Å². The molecule has 1 aliphatic heterocycles. The maximum absolute atomic E-state index is 9.78. The zero-order chi connectivity index (χ0) is 12.5. The Morgan fingerprint density at radius 3 is 3.06 bits per heavy atom. The number of rotatable bonds is 8. The number of aliphatic hydroxyl groups excluding tert-OH is 1. The average molecular weight is 248 g/mol. The molecule has 1 fully saturated rings. The van der Waals surface area contributed by atoms with E-state index in [0.717, 1.165) is 13.1 Å². The molecular weight excluding hydrogens is 224 g/mol. The molecule has 0 aliphatic carbocycles. The number of methoxy groups -OCH3 is 1. The van der Waals surface area contributed by atoms with Crippen LogP contribution in [0.1, 0.15) is 0 Å². The van der Waals surface area contributed by atoms with Gasteiger partial charge in [-0.15, -0.1) is 0 Å². The van der Waals surface area contributed by atoms with Crippen molar-refractivity contribution in [3.8, 4) is 0 Å². The van der Waals surface area contributed by atoms with Gasteiger partial charge >= 0.3 is 0 Å². The molecule has 0 spiro atoms. The molecule has 0 radical (unpaired) electrons. The van der Waals surface area contributed by atoms with Crippen molar-refractivity contribution < 1.29 is 19.3 Å². The van der Waals surface area contributed by atoms with Crippen molar-refractivity contribution in [1.29, 1.82) is 0 Å². The lowest BCUT2D eigenvalue weighted by molar-refractivity contribution is -0.0498. The van der Waals surface area contributed by atoms with Gasteiger partial charge in [-0.25, -0.2) is 0 Å². The molecule has 0 aromatic heterocycles. The number of ether oxygens (including phenoxy) is 3. The zero-order valence-electron chi connectivity index (χ0n) is 10.5. The Morgan fingerprint density at radius 1 is 1.53 bits per heavy atom. The minimum atomic E-state index is -0.469. The lowest BCUT2D eigenvalue weighted by Gasteiger charge is -2.33. The van der Waals surface area contributed by atoms with E-state index in [1.54, 1.807) is 7.11 Å². The Bertz CT molecular complexity index is 194. The Kier molecular flexibility index (Phi) is 7.67. The minimum Gasteiger partial charge on any atom is -0.389 e. The second-order valence-corrected chi connectivity index (χ2v) is 4.21. The highest BCUT2D eigenvalue weighted by molar-refractivity contribution is 4.74. The van der Waals surface area contributed by atoms with Crippen LogP contribution in [0.3, 0.4) is 0 Å². The van der Waals surface area contributed by atoms with Gasteiger partial charge < -0.3 is 25.1 Å². The topological polar surface area (TPSA) is 77.2 Å². The number of morpholine rings is 1. The predicted molar refractivity (Wildman–Crippen MR) is 63.9 cm³/mol. The maximum Gasteiger partial charge on any atom is 0.0900 e. The standard InChI is InChI=1S/C11H24N2O4/c1-15-4-5-16-9-10(14)7-13-2-3-17-11(6-12)8-13/h10-11,14H,2-9,12H2,1H3. The van der Waals surface area contributed by atoms with Crippen LogP contribution in [0.4, 0.5) is 0 Å². The fourth-order valence-electron chi connectivity index (χ4n) is 1.80. The van der Waals surface area contributed by atoms with Gasteiger partial charge in [-0.3, -0.25) is 4.90 Å².